The van der Waals surface area contributed by atoms with Gasteiger partial charge in [0.25, 0.3) is 0 Å². The van der Waals surface area contributed by atoms with Gasteiger partial charge in [-0.25, -0.2) is 4.79 Å². The minimum absolute atomic E-state index is 0.0629. The number of nitrogens with zero attached hydrogens (tertiary/aromatic N) is 2. The highest BCUT2D eigenvalue weighted by Gasteiger charge is 2.32. The fourth-order valence-corrected chi connectivity index (χ4v) is 2.98. The second kappa shape index (κ2) is 5.26. The predicted octanol–water partition coefficient (Wildman–Crippen LogP) is 1.61. The van der Waals surface area contributed by atoms with Gasteiger partial charge >= 0.3 is 5.97 Å². The first kappa shape index (κ1) is 13.1. The van der Waals surface area contributed by atoms with Crippen molar-refractivity contribution in [2.24, 2.45) is 5.92 Å². The van der Waals surface area contributed by atoms with Crippen LogP contribution < -0.4 is 0 Å². The molecule has 0 spiro atoms. The monoisotopic (exact) mass is 277 g/mol. The average Bonchev–Trinajstić information content (AvgIpc) is 2.86. The summed E-state index contributed by atoms with van der Waals surface area (Å²) in [4.78, 5) is 24.9. The Labute approximate surface area is 117 Å². The SMILES string of the molecule is O=C(O)c1cc(C2CCN(C(=O)C3CCC3)CC2)[nH]n1. The van der Waals surface area contributed by atoms with Crippen LogP contribution in [0.4, 0.5) is 0 Å². The number of nitrogens with one attached hydrogen (secondary N) is 1. The fraction of sp³-hybridized carbons (Fsp3) is 0.643. The van der Waals surface area contributed by atoms with Gasteiger partial charge < -0.3 is 10.0 Å². The highest BCUT2D eigenvalue weighted by atomic mass is 16.4. The second-order valence-corrected chi connectivity index (χ2v) is 5.74. The summed E-state index contributed by atoms with van der Waals surface area (Å²) in [5.74, 6) is -0.158. The minimum Gasteiger partial charge on any atom is -0.476 e. The molecule has 2 N–H and O–H groups in total. The molecule has 2 fully saturated rings. The van der Waals surface area contributed by atoms with Gasteiger partial charge in [0, 0.05) is 30.6 Å². The third-order valence-corrected chi connectivity index (χ3v) is 4.52. The molecule has 1 aliphatic carbocycles. The largest absolute Gasteiger partial charge is 0.476 e. The first-order valence-corrected chi connectivity index (χ1v) is 7.22. The highest BCUT2D eigenvalue weighted by molar-refractivity contribution is 5.85. The van der Waals surface area contributed by atoms with Crippen LogP contribution >= 0.6 is 0 Å². The van der Waals surface area contributed by atoms with Crippen LogP contribution in [0.3, 0.4) is 0 Å². The van der Waals surface area contributed by atoms with Crippen LogP contribution in [0, 0.1) is 5.92 Å². The zero-order valence-corrected chi connectivity index (χ0v) is 11.3. The Morgan fingerprint density at radius 1 is 1.25 bits per heavy atom. The standard InChI is InChI=1S/C14H19N3O3/c18-13(10-2-1-3-10)17-6-4-9(5-7-17)11-8-12(14(19)20)16-15-11/h8-10H,1-7H2,(H,15,16)(H,19,20). The van der Waals surface area contributed by atoms with E-state index in [0.717, 1.165) is 44.5 Å². The van der Waals surface area contributed by atoms with E-state index in [2.05, 4.69) is 10.2 Å². The maximum absolute atomic E-state index is 12.1. The number of H-pyrrole nitrogens is 1. The number of aromatic carboxylic acids is 1. The molecule has 1 saturated carbocycles. The molecule has 108 valence electrons. The summed E-state index contributed by atoms with van der Waals surface area (Å²) in [6, 6.07) is 1.61. The molecule has 0 atom stereocenters. The average molecular weight is 277 g/mol. The van der Waals surface area contributed by atoms with Crippen molar-refractivity contribution in [1.29, 1.82) is 0 Å². The molecule has 0 unspecified atom stereocenters. The lowest BCUT2D eigenvalue weighted by molar-refractivity contribution is -0.139. The number of likely N-dealkylation sites (tertiary alicyclic amines) is 1. The molecule has 1 aromatic rings. The third kappa shape index (κ3) is 2.42. The van der Waals surface area contributed by atoms with Crippen LogP contribution in [0.1, 0.15) is 54.2 Å². The molecule has 1 amide bonds. The fourth-order valence-electron chi connectivity index (χ4n) is 2.98. The van der Waals surface area contributed by atoms with Crippen molar-refractivity contribution in [2.75, 3.05) is 13.1 Å². The summed E-state index contributed by atoms with van der Waals surface area (Å²) >= 11 is 0. The van der Waals surface area contributed by atoms with Crippen LogP contribution in [0.25, 0.3) is 0 Å². The lowest BCUT2D eigenvalue weighted by atomic mass is 9.83. The molecule has 0 radical (unpaired) electrons. The maximum atomic E-state index is 12.1. The molecule has 0 bridgehead atoms. The number of carbonyl (C=O) groups excluding carboxylic acids is 1. The lowest BCUT2D eigenvalue weighted by Crippen LogP contribution is -2.43. The third-order valence-electron chi connectivity index (χ3n) is 4.52. The van der Waals surface area contributed by atoms with Crippen molar-refractivity contribution < 1.29 is 14.7 Å². The number of hydrogen-bond acceptors (Lipinski definition) is 3. The van der Waals surface area contributed by atoms with E-state index in [1.807, 2.05) is 4.90 Å². The van der Waals surface area contributed by atoms with E-state index in [-0.39, 0.29) is 17.5 Å². The lowest BCUT2D eigenvalue weighted by Gasteiger charge is -2.36. The van der Waals surface area contributed by atoms with Crippen molar-refractivity contribution in [1.82, 2.24) is 15.1 Å². The summed E-state index contributed by atoms with van der Waals surface area (Å²) in [5, 5.41) is 15.5. The molecule has 6 nitrogen and oxygen atoms in total. The van der Waals surface area contributed by atoms with Crippen molar-refractivity contribution in [3.8, 4) is 0 Å². The van der Waals surface area contributed by atoms with Gasteiger partial charge in [0.1, 0.15) is 0 Å². The molecule has 3 rings (SSSR count). The minimum atomic E-state index is -1.01. The van der Waals surface area contributed by atoms with E-state index in [1.165, 1.54) is 6.42 Å². The number of aromatic nitrogens is 2. The van der Waals surface area contributed by atoms with Gasteiger partial charge in [0.15, 0.2) is 5.69 Å². The van der Waals surface area contributed by atoms with Gasteiger partial charge in [-0.1, -0.05) is 6.42 Å². The van der Waals surface area contributed by atoms with Crippen LogP contribution in [-0.2, 0) is 4.79 Å². The highest BCUT2D eigenvalue weighted by Crippen LogP contribution is 2.32. The van der Waals surface area contributed by atoms with Gasteiger partial charge in [-0.15, -0.1) is 0 Å². The van der Waals surface area contributed by atoms with Crippen LogP contribution in [0.5, 0.6) is 0 Å². The Kier molecular flexibility index (Phi) is 3.46. The number of amides is 1. The number of piperidine rings is 1. The Balaban J connectivity index is 1.57. The van der Waals surface area contributed by atoms with Crippen molar-refractivity contribution in [3.63, 3.8) is 0 Å². The number of rotatable bonds is 3. The molecule has 1 aromatic heterocycles. The van der Waals surface area contributed by atoms with E-state index in [0.29, 0.717) is 5.91 Å². The van der Waals surface area contributed by atoms with E-state index in [9.17, 15) is 9.59 Å². The number of hydrogen-bond donors (Lipinski definition) is 2. The predicted molar refractivity (Wildman–Crippen MR) is 71.4 cm³/mol. The number of aromatic amines is 1. The molecular formula is C14H19N3O3. The Bertz CT molecular complexity index is 513. The molecule has 1 saturated heterocycles. The zero-order chi connectivity index (χ0) is 14.1. The van der Waals surface area contributed by atoms with Crippen LogP contribution in [-0.4, -0.2) is 45.2 Å². The van der Waals surface area contributed by atoms with E-state index in [1.54, 1.807) is 6.07 Å². The number of carboxylic acid groups (broad SMARTS) is 1. The Hall–Kier alpha value is -1.85. The summed E-state index contributed by atoms with van der Waals surface area (Å²) < 4.78 is 0. The van der Waals surface area contributed by atoms with E-state index < -0.39 is 5.97 Å². The quantitative estimate of drug-likeness (QED) is 0.879. The number of carboxylic acids is 1. The molecule has 2 aliphatic rings. The van der Waals surface area contributed by atoms with Gasteiger partial charge in [-0.2, -0.15) is 5.10 Å². The Morgan fingerprint density at radius 3 is 2.45 bits per heavy atom. The first-order valence-electron chi connectivity index (χ1n) is 7.22. The van der Waals surface area contributed by atoms with Crippen molar-refractivity contribution >= 4 is 11.9 Å². The second-order valence-electron chi connectivity index (χ2n) is 5.74. The smallest absolute Gasteiger partial charge is 0.356 e. The maximum Gasteiger partial charge on any atom is 0.356 e. The van der Waals surface area contributed by atoms with E-state index in [4.69, 9.17) is 5.11 Å². The van der Waals surface area contributed by atoms with Gasteiger partial charge in [0.05, 0.1) is 0 Å². The molecule has 20 heavy (non-hydrogen) atoms. The van der Waals surface area contributed by atoms with Crippen molar-refractivity contribution in [3.05, 3.63) is 17.5 Å². The first-order chi connectivity index (χ1) is 9.65. The molecule has 2 heterocycles. The van der Waals surface area contributed by atoms with E-state index >= 15 is 0 Å². The molecule has 6 heteroatoms. The van der Waals surface area contributed by atoms with Gasteiger partial charge in [0.2, 0.25) is 5.91 Å². The van der Waals surface area contributed by atoms with Crippen molar-refractivity contribution in [2.45, 2.75) is 38.0 Å². The summed E-state index contributed by atoms with van der Waals surface area (Å²) in [6.07, 6.45) is 5.01. The normalized spacial score (nSPS) is 20.7. The zero-order valence-electron chi connectivity index (χ0n) is 11.3. The topological polar surface area (TPSA) is 86.3 Å². The summed E-state index contributed by atoms with van der Waals surface area (Å²) in [7, 11) is 0. The Morgan fingerprint density at radius 2 is 1.95 bits per heavy atom. The van der Waals surface area contributed by atoms with Gasteiger partial charge in [-0.05, 0) is 31.7 Å². The molecule has 1 aliphatic heterocycles. The van der Waals surface area contributed by atoms with Crippen LogP contribution in [0.15, 0.2) is 6.07 Å². The summed E-state index contributed by atoms with van der Waals surface area (Å²) in [6.45, 7) is 1.53. The number of carbonyl (C=O) groups is 2. The van der Waals surface area contributed by atoms with Gasteiger partial charge in [-0.3, -0.25) is 9.89 Å². The molecule has 0 aromatic carbocycles. The van der Waals surface area contributed by atoms with Crippen LogP contribution in [0.2, 0.25) is 0 Å². The summed E-state index contributed by atoms with van der Waals surface area (Å²) in [5.41, 5.74) is 0.936. The molecular weight excluding hydrogens is 258 g/mol.